The van der Waals surface area contributed by atoms with Crippen LogP contribution in [0.15, 0.2) is 21.9 Å². The van der Waals surface area contributed by atoms with Gasteiger partial charge in [-0.25, -0.2) is 4.63 Å². The molecule has 0 saturated heterocycles. The predicted molar refractivity (Wildman–Crippen MR) is 60.7 cm³/mol. The number of nitro groups is 1. The number of nitrogens with zero attached hydrogens (tertiary/aromatic N) is 6. The fraction of sp³-hybridized carbons (Fsp3) is 0. The Bertz CT molecular complexity index is 748. The molecule has 0 aliphatic rings. The van der Waals surface area contributed by atoms with Gasteiger partial charge < -0.3 is 0 Å². The van der Waals surface area contributed by atoms with Crippen molar-refractivity contribution in [2.24, 2.45) is 5.10 Å². The van der Waals surface area contributed by atoms with E-state index in [-0.39, 0.29) is 22.4 Å². The maximum absolute atomic E-state index is 10.9. The van der Waals surface area contributed by atoms with Gasteiger partial charge in [-0.3, -0.25) is 15.5 Å². The second kappa shape index (κ2) is 4.77. The summed E-state index contributed by atoms with van der Waals surface area (Å²) in [4.78, 5) is 10.2. The molecule has 1 aromatic heterocycles. The Hall–Kier alpha value is -3.53. The largest absolute Gasteiger partial charge is 0.296 e. The van der Waals surface area contributed by atoms with Gasteiger partial charge in [-0.1, -0.05) is 0 Å². The Kier molecular flexibility index (Phi) is 3.00. The summed E-state index contributed by atoms with van der Waals surface area (Å²) in [6, 6.07) is 5.56. The van der Waals surface area contributed by atoms with Crippen LogP contribution in [0.5, 0.6) is 0 Å². The van der Waals surface area contributed by atoms with Gasteiger partial charge in [-0.2, -0.15) is 15.6 Å². The minimum atomic E-state index is -0.662. The van der Waals surface area contributed by atoms with Crippen molar-refractivity contribution < 1.29 is 9.55 Å². The Labute approximate surface area is 104 Å². The van der Waals surface area contributed by atoms with Crippen LogP contribution in [-0.4, -0.2) is 20.9 Å². The monoisotopic (exact) mass is 257 g/mol. The number of nitrogens with one attached hydrogen (secondary N) is 1. The van der Waals surface area contributed by atoms with E-state index in [1.54, 1.807) is 0 Å². The van der Waals surface area contributed by atoms with Gasteiger partial charge in [0.15, 0.2) is 11.2 Å². The van der Waals surface area contributed by atoms with E-state index >= 15 is 0 Å². The molecule has 10 heteroatoms. The third kappa shape index (κ3) is 2.13. The van der Waals surface area contributed by atoms with Crippen LogP contribution in [0.4, 0.5) is 11.4 Å². The van der Waals surface area contributed by atoms with E-state index in [0.717, 1.165) is 0 Å². The molecule has 2 aromatic rings. The van der Waals surface area contributed by atoms with Crippen LogP contribution in [0.25, 0.3) is 11.0 Å². The van der Waals surface area contributed by atoms with E-state index in [4.69, 9.17) is 10.5 Å². The van der Waals surface area contributed by atoms with Crippen molar-refractivity contribution in [3.8, 4) is 12.1 Å². The van der Waals surface area contributed by atoms with Crippen molar-refractivity contribution in [2.45, 2.75) is 0 Å². The van der Waals surface area contributed by atoms with Gasteiger partial charge in [0.25, 0.3) is 5.69 Å². The van der Waals surface area contributed by atoms with Crippen LogP contribution < -0.4 is 5.43 Å². The summed E-state index contributed by atoms with van der Waals surface area (Å²) in [6.45, 7) is 0. The van der Waals surface area contributed by atoms with E-state index in [1.165, 1.54) is 24.3 Å². The first kappa shape index (κ1) is 11.9. The molecule has 19 heavy (non-hydrogen) atoms. The minimum Gasteiger partial charge on any atom is -0.268 e. The molecule has 0 spiro atoms. The molecule has 0 unspecified atom stereocenters. The number of aromatic nitrogens is 2. The summed E-state index contributed by atoms with van der Waals surface area (Å²) in [5.74, 6) is 0. The molecule has 1 N–H and O–H groups in total. The second-order valence-corrected chi connectivity index (χ2v) is 3.14. The Morgan fingerprint density at radius 3 is 2.79 bits per heavy atom. The summed E-state index contributed by atoms with van der Waals surface area (Å²) in [5.41, 5.74) is 1.70. The molecule has 2 rings (SSSR count). The van der Waals surface area contributed by atoms with Crippen LogP contribution in [-0.2, 0) is 0 Å². The number of fused-ring (bicyclic) bond motifs is 1. The fourth-order valence-corrected chi connectivity index (χ4v) is 1.29. The van der Waals surface area contributed by atoms with E-state index < -0.39 is 10.6 Å². The fourth-order valence-electron chi connectivity index (χ4n) is 1.29. The number of hydrogen-bond acceptors (Lipinski definition) is 9. The minimum absolute atomic E-state index is 0.0770. The number of nitro benzene ring substituents is 1. The molecule has 0 amide bonds. The van der Waals surface area contributed by atoms with Crippen molar-refractivity contribution in [3.63, 3.8) is 0 Å². The molecule has 0 saturated carbocycles. The standard InChI is InChI=1S/C9H3N7O3/c10-3-5(4-11)12-13-9-7(16(17)18)2-1-6-8(9)15-19-14-6/h1-2,13H. The molecule has 0 fully saturated rings. The molecular formula is C9H3N7O3. The van der Waals surface area contributed by atoms with Crippen molar-refractivity contribution in [3.05, 3.63) is 22.2 Å². The lowest BCUT2D eigenvalue weighted by molar-refractivity contribution is -0.383. The van der Waals surface area contributed by atoms with E-state index in [0.29, 0.717) is 0 Å². The number of nitriles is 2. The number of hydrogen-bond donors (Lipinski definition) is 1. The van der Waals surface area contributed by atoms with Crippen LogP contribution >= 0.6 is 0 Å². The summed E-state index contributed by atoms with van der Waals surface area (Å²) in [7, 11) is 0. The zero-order valence-electron chi connectivity index (χ0n) is 9.06. The summed E-state index contributed by atoms with van der Waals surface area (Å²) in [6.07, 6.45) is 0. The summed E-state index contributed by atoms with van der Waals surface area (Å²) >= 11 is 0. The number of rotatable bonds is 3. The average Bonchev–Trinajstić information content (AvgIpc) is 2.87. The van der Waals surface area contributed by atoms with Crippen LogP contribution in [0.3, 0.4) is 0 Å². The third-order valence-electron chi connectivity index (χ3n) is 2.09. The lowest BCUT2D eigenvalue weighted by Crippen LogP contribution is -2.00. The lowest BCUT2D eigenvalue weighted by atomic mass is 10.2. The van der Waals surface area contributed by atoms with Crippen LogP contribution in [0, 0.1) is 32.8 Å². The van der Waals surface area contributed by atoms with Gasteiger partial charge >= 0.3 is 0 Å². The zero-order chi connectivity index (χ0) is 13.8. The molecule has 10 nitrogen and oxygen atoms in total. The molecule has 0 aliphatic heterocycles. The highest BCUT2D eigenvalue weighted by molar-refractivity contribution is 6.10. The normalized spacial score (nSPS) is 9.37. The van der Waals surface area contributed by atoms with Crippen molar-refractivity contribution in [1.82, 2.24) is 10.3 Å². The molecule has 1 aromatic carbocycles. The lowest BCUT2D eigenvalue weighted by Gasteiger charge is -2.00. The topological polar surface area (TPSA) is 154 Å². The highest BCUT2D eigenvalue weighted by Gasteiger charge is 2.20. The summed E-state index contributed by atoms with van der Waals surface area (Å²) < 4.78 is 4.46. The Balaban J connectivity index is 2.57. The van der Waals surface area contributed by atoms with Crippen LogP contribution in [0.1, 0.15) is 0 Å². The molecular weight excluding hydrogens is 254 g/mol. The predicted octanol–water partition coefficient (Wildman–Crippen LogP) is 0.946. The Morgan fingerprint density at radius 2 is 2.16 bits per heavy atom. The van der Waals surface area contributed by atoms with E-state index in [2.05, 4.69) is 25.5 Å². The van der Waals surface area contributed by atoms with Crippen molar-refractivity contribution >= 4 is 28.1 Å². The number of anilines is 1. The maximum atomic E-state index is 10.9. The third-order valence-corrected chi connectivity index (χ3v) is 2.09. The highest BCUT2D eigenvalue weighted by Crippen LogP contribution is 2.31. The number of benzene rings is 1. The maximum Gasteiger partial charge on any atom is 0.296 e. The first-order valence-corrected chi connectivity index (χ1v) is 4.71. The molecule has 92 valence electrons. The molecule has 0 bridgehead atoms. The van der Waals surface area contributed by atoms with Gasteiger partial charge in [-0.15, -0.1) is 0 Å². The van der Waals surface area contributed by atoms with Crippen molar-refractivity contribution in [1.29, 1.82) is 10.5 Å². The quantitative estimate of drug-likeness (QED) is 0.484. The van der Waals surface area contributed by atoms with E-state index in [1.807, 2.05) is 0 Å². The molecule has 0 aliphatic carbocycles. The number of hydrazone groups is 1. The smallest absolute Gasteiger partial charge is 0.268 e. The zero-order valence-corrected chi connectivity index (χ0v) is 9.06. The molecule has 1 heterocycles. The van der Waals surface area contributed by atoms with Gasteiger partial charge in [0.2, 0.25) is 5.71 Å². The first-order chi connectivity index (χ1) is 9.17. The highest BCUT2D eigenvalue weighted by atomic mass is 16.6. The van der Waals surface area contributed by atoms with Gasteiger partial charge in [0.05, 0.1) is 4.92 Å². The van der Waals surface area contributed by atoms with Gasteiger partial charge in [0, 0.05) is 6.07 Å². The van der Waals surface area contributed by atoms with Crippen LogP contribution in [0.2, 0.25) is 0 Å². The Morgan fingerprint density at radius 1 is 1.42 bits per heavy atom. The second-order valence-electron chi connectivity index (χ2n) is 3.14. The van der Waals surface area contributed by atoms with Crippen molar-refractivity contribution in [2.75, 3.05) is 5.43 Å². The summed E-state index contributed by atoms with van der Waals surface area (Å²) in [5, 5.41) is 38.4. The first-order valence-electron chi connectivity index (χ1n) is 4.71. The SMILES string of the molecule is N#CC(C#N)=NNc1c([N+](=O)[O-])ccc2nonc12. The van der Waals surface area contributed by atoms with E-state index in [9.17, 15) is 10.1 Å². The van der Waals surface area contributed by atoms with Gasteiger partial charge in [0.1, 0.15) is 17.7 Å². The molecule has 0 radical (unpaired) electrons. The average molecular weight is 257 g/mol. The molecule has 0 atom stereocenters. The van der Waals surface area contributed by atoms with Gasteiger partial charge in [-0.05, 0) is 16.4 Å².